The van der Waals surface area contributed by atoms with Crippen LogP contribution in [0.2, 0.25) is 0 Å². The number of para-hydroxylation sites is 2. The Bertz CT molecular complexity index is 533. The molecule has 0 amide bonds. The van der Waals surface area contributed by atoms with Crippen molar-refractivity contribution in [1.29, 1.82) is 0 Å². The van der Waals surface area contributed by atoms with Crippen molar-refractivity contribution in [2.45, 2.75) is 32.7 Å². The number of hydrogen-bond acceptors (Lipinski definition) is 3. The van der Waals surface area contributed by atoms with Crippen molar-refractivity contribution in [1.82, 2.24) is 0 Å². The zero-order chi connectivity index (χ0) is 12.7. The number of carbonyl (C=O) groups is 1. The van der Waals surface area contributed by atoms with Crippen LogP contribution >= 0.6 is 0 Å². The smallest absolute Gasteiger partial charge is 0.162 e. The maximum absolute atomic E-state index is 12.2. The first-order valence-corrected chi connectivity index (χ1v) is 6.54. The van der Waals surface area contributed by atoms with Crippen LogP contribution in [0.1, 0.15) is 26.7 Å². The van der Waals surface area contributed by atoms with E-state index < -0.39 is 0 Å². The molecule has 0 spiro atoms. The molecule has 2 unspecified atom stereocenters. The lowest BCUT2D eigenvalue weighted by molar-refractivity contribution is -0.117. The van der Waals surface area contributed by atoms with Crippen LogP contribution in [-0.2, 0) is 4.79 Å². The highest BCUT2D eigenvalue weighted by atomic mass is 16.1. The van der Waals surface area contributed by atoms with Crippen LogP contribution in [0.25, 0.3) is 0 Å². The number of nitrogens with one attached hydrogen (secondary N) is 2. The second-order valence-electron chi connectivity index (χ2n) is 5.37. The van der Waals surface area contributed by atoms with E-state index in [1.807, 2.05) is 18.2 Å². The number of Topliss-reactive ketones (excluding diaryl/α,β-unsaturated/α-hetero) is 1. The van der Waals surface area contributed by atoms with Crippen LogP contribution in [0.5, 0.6) is 0 Å². The molecule has 2 atom stereocenters. The molecular weight excluding hydrogens is 224 g/mol. The molecule has 0 saturated heterocycles. The molecule has 0 fully saturated rings. The van der Waals surface area contributed by atoms with Gasteiger partial charge in [-0.25, -0.2) is 0 Å². The zero-order valence-corrected chi connectivity index (χ0v) is 10.8. The molecule has 1 aliphatic carbocycles. The normalized spacial score (nSPS) is 26.7. The maximum atomic E-state index is 12.2. The number of benzene rings is 1. The summed E-state index contributed by atoms with van der Waals surface area (Å²) in [4.78, 5) is 12.2. The number of fused-ring (bicyclic) bond motifs is 1. The first-order chi connectivity index (χ1) is 8.65. The second-order valence-corrected chi connectivity index (χ2v) is 5.37. The Morgan fingerprint density at radius 3 is 2.61 bits per heavy atom. The van der Waals surface area contributed by atoms with Crippen LogP contribution in [-0.4, -0.2) is 11.8 Å². The van der Waals surface area contributed by atoms with Gasteiger partial charge in [0.1, 0.15) is 0 Å². The van der Waals surface area contributed by atoms with E-state index in [4.69, 9.17) is 0 Å². The standard InChI is InChI=1S/C15H18N2O/c1-9-7-13-15(14(18)8-9)10(2)16-11-5-3-4-6-12(11)17-13/h3-6,9-10,16-17H,7-8H2,1-2H3. The number of anilines is 2. The number of ketones is 1. The van der Waals surface area contributed by atoms with Gasteiger partial charge in [0.05, 0.1) is 17.4 Å². The number of allylic oxidation sites excluding steroid dienone is 1. The molecule has 1 heterocycles. The Balaban J connectivity index is 2.06. The lowest BCUT2D eigenvalue weighted by Gasteiger charge is -2.25. The predicted octanol–water partition coefficient (Wildman–Crippen LogP) is 3.17. The zero-order valence-electron chi connectivity index (χ0n) is 10.8. The van der Waals surface area contributed by atoms with Crippen molar-refractivity contribution >= 4 is 17.2 Å². The fourth-order valence-corrected chi connectivity index (χ4v) is 2.93. The topological polar surface area (TPSA) is 41.1 Å². The Morgan fingerprint density at radius 2 is 1.83 bits per heavy atom. The number of rotatable bonds is 0. The quantitative estimate of drug-likeness (QED) is 0.734. The molecule has 1 aromatic carbocycles. The largest absolute Gasteiger partial charge is 0.377 e. The van der Waals surface area contributed by atoms with E-state index in [2.05, 4.69) is 30.5 Å². The van der Waals surface area contributed by atoms with Gasteiger partial charge >= 0.3 is 0 Å². The van der Waals surface area contributed by atoms with Gasteiger partial charge < -0.3 is 10.6 Å². The predicted molar refractivity (Wildman–Crippen MR) is 73.6 cm³/mol. The minimum Gasteiger partial charge on any atom is -0.377 e. The summed E-state index contributed by atoms with van der Waals surface area (Å²) in [5, 5.41) is 6.87. The summed E-state index contributed by atoms with van der Waals surface area (Å²) in [5.74, 6) is 0.713. The SMILES string of the molecule is CC1CC(=O)C2=C(C1)Nc1ccccc1NC2C. The summed E-state index contributed by atoms with van der Waals surface area (Å²) in [6.07, 6.45) is 1.63. The van der Waals surface area contributed by atoms with Gasteiger partial charge in [-0.15, -0.1) is 0 Å². The first-order valence-electron chi connectivity index (χ1n) is 6.54. The lowest BCUT2D eigenvalue weighted by atomic mass is 9.84. The fraction of sp³-hybridized carbons (Fsp3) is 0.400. The van der Waals surface area contributed by atoms with Gasteiger partial charge in [-0.3, -0.25) is 4.79 Å². The van der Waals surface area contributed by atoms with Crippen molar-refractivity contribution < 1.29 is 4.79 Å². The molecule has 2 N–H and O–H groups in total. The van der Waals surface area contributed by atoms with Crippen molar-refractivity contribution in [3.63, 3.8) is 0 Å². The summed E-state index contributed by atoms with van der Waals surface area (Å²) in [5.41, 5.74) is 4.17. The average molecular weight is 242 g/mol. The van der Waals surface area contributed by atoms with Gasteiger partial charge in [0.25, 0.3) is 0 Å². The van der Waals surface area contributed by atoms with Crippen molar-refractivity contribution in [2.75, 3.05) is 10.6 Å². The number of carbonyl (C=O) groups excluding carboxylic acids is 1. The molecule has 3 rings (SSSR count). The summed E-state index contributed by atoms with van der Waals surface area (Å²) in [6.45, 7) is 4.20. The van der Waals surface area contributed by atoms with E-state index in [0.29, 0.717) is 12.3 Å². The van der Waals surface area contributed by atoms with E-state index >= 15 is 0 Å². The van der Waals surface area contributed by atoms with Gasteiger partial charge in [-0.1, -0.05) is 19.1 Å². The molecule has 0 aromatic heterocycles. The highest BCUT2D eigenvalue weighted by Gasteiger charge is 2.31. The lowest BCUT2D eigenvalue weighted by Crippen LogP contribution is -2.29. The monoisotopic (exact) mass is 242 g/mol. The van der Waals surface area contributed by atoms with Crippen LogP contribution in [0.3, 0.4) is 0 Å². The number of hydrogen-bond donors (Lipinski definition) is 2. The Kier molecular flexibility index (Phi) is 2.62. The highest BCUT2D eigenvalue weighted by Crippen LogP contribution is 2.35. The van der Waals surface area contributed by atoms with E-state index in [-0.39, 0.29) is 11.8 Å². The molecule has 3 heteroatoms. The Morgan fingerprint density at radius 1 is 1.11 bits per heavy atom. The summed E-state index contributed by atoms with van der Waals surface area (Å²) >= 11 is 0. The van der Waals surface area contributed by atoms with Crippen LogP contribution in [0, 0.1) is 5.92 Å². The molecule has 0 bridgehead atoms. The van der Waals surface area contributed by atoms with E-state index in [9.17, 15) is 4.79 Å². The van der Waals surface area contributed by atoms with Gasteiger partial charge in [-0.05, 0) is 31.4 Å². The molecule has 18 heavy (non-hydrogen) atoms. The van der Waals surface area contributed by atoms with Gasteiger partial charge in [-0.2, -0.15) is 0 Å². The molecular formula is C15H18N2O. The average Bonchev–Trinajstić information content (AvgIpc) is 2.43. The highest BCUT2D eigenvalue weighted by molar-refractivity contribution is 6.00. The molecule has 1 aliphatic heterocycles. The fourth-order valence-electron chi connectivity index (χ4n) is 2.93. The molecule has 94 valence electrons. The summed E-state index contributed by atoms with van der Waals surface area (Å²) in [6, 6.07) is 8.20. The minimum atomic E-state index is 0.0798. The van der Waals surface area contributed by atoms with Gasteiger partial charge in [0.2, 0.25) is 0 Å². The minimum absolute atomic E-state index is 0.0798. The third-order valence-corrected chi connectivity index (χ3v) is 3.73. The summed E-state index contributed by atoms with van der Waals surface area (Å²) in [7, 11) is 0. The molecule has 3 nitrogen and oxygen atoms in total. The summed E-state index contributed by atoms with van der Waals surface area (Å²) < 4.78 is 0. The van der Waals surface area contributed by atoms with E-state index in [0.717, 1.165) is 29.1 Å². The molecule has 2 aliphatic rings. The molecule has 1 aromatic rings. The Labute approximate surface area is 107 Å². The van der Waals surface area contributed by atoms with Crippen LogP contribution in [0.15, 0.2) is 35.5 Å². The second kappa shape index (κ2) is 4.16. The van der Waals surface area contributed by atoms with Crippen LogP contribution < -0.4 is 10.6 Å². The first kappa shape index (κ1) is 11.3. The van der Waals surface area contributed by atoms with Gasteiger partial charge in [0, 0.05) is 17.7 Å². The van der Waals surface area contributed by atoms with Crippen molar-refractivity contribution in [2.24, 2.45) is 5.92 Å². The van der Waals surface area contributed by atoms with Gasteiger partial charge in [0.15, 0.2) is 5.78 Å². The third-order valence-electron chi connectivity index (χ3n) is 3.73. The molecule has 0 radical (unpaired) electrons. The molecule has 0 saturated carbocycles. The van der Waals surface area contributed by atoms with Crippen molar-refractivity contribution in [3.8, 4) is 0 Å². The van der Waals surface area contributed by atoms with E-state index in [1.54, 1.807) is 0 Å². The van der Waals surface area contributed by atoms with Crippen molar-refractivity contribution in [3.05, 3.63) is 35.5 Å². The Hall–Kier alpha value is -1.77. The van der Waals surface area contributed by atoms with Crippen LogP contribution in [0.4, 0.5) is 11.4 Å². The maximum Gasteiger partial charge on any atom is 0.162 e. The van der Waals surface area contributed by atoms with E-state index in [1.165, 1.54) is 0 Å². The third kappa shape index (κ3) is 1.80.